The Balaban J connectivity index is 2.44. The number of nitrogens with two attached hydrogens (primary N) is 1. The van der Waals surface area contributed by atoms with E-state index >= 15 is 0 Å². The van der Waals surface area contributed by atoms with E-state index in [9.17, 15) is 0 Å². The first-order valence-corrected chi connectivity index (χ1v) is 3.59. The Bertz CT molecular complexity index is 210. The molecule has 0 saturated heterocycles. The lowest BCUT2D eigenvalue weighted by Gasteiger charge is -1.92. The van der Waals surface area contributed by atoms with Crippen molar-refractivity contribution in [2.24, 2.45) is 5.73 Å². The summed E-state index contributed by atoms with van der Waals surface area (Å²) < 4.78 is 10.0. The van der Waals surface area contributed by atoms with Crippen LogP contribution in [-0.4, -0.2) is 11.8 Å². The first kappa shape index (κ1) is 8.23. The number of ether oxygens (including phenoxy) is 1. The zero-order valence-electron chi connectivity index (χ0n) is 6.54. The smallest absolute Gasteiger partial charge is 0.162 e. The molecule has 0 fully saturated rings. The average molecular weight is 156 g/mol. The highest BCUT2D eigenvalue weighted by Crippen LogP contribution is 2.03. The van der Waals surface area contributed by atoms with Crippen LogP contribution in [0.5, 0.6) is 0 Å². The maximum absolute atomic E-state index is 5.33. The van der Waals surface area contributed by atoms with Gasteiger partial charge in [-0.1, -0.05) is 5.16 Å². The molecular weight excluding hydrogens is 144 g/mol. The highest BCUT2D eigenvalue weighted by molar-refractivity contribution is 5.03. The lowest BCUT2D eigenvalue weighted by molar-refractivity contribution is 0.112. The average Bonchev–Trinajstić information content (AvgIpc) is 2.48. The molecule has 0 aliphatic heterocycles. The second kappa shape index (κ2) is 4.10. The Labute approximate surface area is 65.3 Å². The summed E-state index contributed by atoms with van der Waals surface area (Å²) in [4.78, 5) is 0. The predicted octanol–water partition coefficient (Wildman–Crippen LogP) is 0.670. The van der Waals surface area contributed by atoms with Gasteiger partial charge in [-0.25, -0.2) is 0 Å². The van der Waals surface area contributed by atoms with Crippen molar-refractivity contribution in [2.75, 3.05) is 6.61 Å². The summed E-state index contributed by atoms with van der Waals surface area (Å²) in [6.07, 6.45) is 0. The van der Waals surface area contributed by atoms with Crippen LogP contribution >= 0.6 is 0 Å². The molecule has 0 aliphatic rings. The number of rotatable bonds is 4. The zero-order valence-corrected chi connectivity index (χ0v) is 6.54. The van der Waals surface area contributed by atoms with Gasteiger partial charge in [0.2, 0.25) is 0 Å². The van der Waals surface area contributed by atoms with Gasteiger partial charge in [0.25, 0.3) is 0 Å². The van der Waals surface area contributed by atoms with E-state index < -0.39 is 0 Å². The van der Waals surface area contributed by atoms with Gasteiger partial charge in [0, 0.05) is 19.2 Å². The first-order chi connectivity index (χ1) is 5.36. The first-order valence-electron chi connectivity index (χ1n) is 3.59. The summed E-state index contributed by atoms with van der Waals surface area (Å²) in [7, 11) is 0. The summed E-state index contributed by atoms with van der Waals surface area (Å²) in [5.41, 5.74) is 6.09. The maximum Gasteiger partial charge on any atom is 0.162 e. The minimum Gasteiger partial charge on any atom is -0.374 e. The molecule has 0 atom stereocenters. The Kier molecular flexibility index (Phi) is 3.07. The van der Waals surface area contributed by atoms with Crippen molar-refractivity contribution < 1.29 is 9.26 Å². The summed E-state index contributed by atoms with van der Waals surface area (Å²) in [6.45, 7) is 3.50. The van der Waals surface area contributed by atoms with Gasteiger partial charge < -0.3 is 15.0 Å². The molecule has 4 heteroatoms. The van der Waals surface area contributed by atoms with Crippen molar-refractivity contribution in [1.29, 1.82) is 0 Å². The summed E-state index contributed by atoms with van der Waals surface area (Å²) in [5.74, 6) is 0.729. The fourth-order valence-corrected chi connectivity index (χ4v) is 0.723. The molecule has 0 unspecified atom stereocenters. The minimum absolute atomic E-state index is 0.412. The molecule has 0 radical (unpaired) electrons. The van der Waals surface area contributed by atoms with E-state index in [-0.39, 0.29) is 0 Å². The van der Waals surface area contributed by atoms with Gasteiger partial charge in [0.1, 0.15) is 6.61 Å². The fraction of sp³-hybridized carbons (Fsp3) is 0.571. The summed E-state index contributed by atoms with van der Waals surface area (Å²) >= 11 is 0. The molecule has 4 nitrogen and oxygen atoms in total. The van der Waals surface area contributed by atoms with Crippen molar-refractivity contribution in [3.63, 3.8) is 0 Å². The molecule has 2 N–H and O–H groups in total. The largest absolute Gasteiger partial charge is 0.374 e. The molecule has 1 heterocycles. The SMILES string of the molecule is CCOCc1cc(CN)no1. The predicted molar refractivity (Wildman–Crippen MR) is 39.7 cm³/mol. The highest BCUT2D eigenvalue weighted by atomic mass is 16.5. The molecule has 1 rings (SSSR count). The van der Waals surface area contributed by atoms with Crippen LogP contribution in [0.2, 0.25) is 0 Å². The molecule has 0 saturated carbocycles. The summed E-state index contributed by atoms with van der Waals surface area (Å²) in [6, 6.07) is 1.80. The number of hydrogen-bond donors (Lipinski definition) is 1. The molecule has 0 bridgehead atoms. The molecule has 11 heavy (non-hydrogen) atoms. The van der Waals surface area contributed by atoms with E-state index in [4.69, 9.17) is 15.0 Å². The van der Waals surface area contributed by atoms with E-state index in [1.807, 2.05) is 6.92 Å². The van der Waals surface area contributed by atoms with Crippen molar-refractivity contribution in [1.82, 2.24) is 5.16 Å². The van der Waals surface area contributed by atoms with E-state index in [1.165, 1.54) is 0 Å². The number of aromatic nitrogens is 1. The Hall–Kier alpha value is -0.870. The van der Waals surface area contributed by atoms with Crippen LogP contribution in [0, 0.1) is 0 Å². The van der Waals surface area contributed by atoms with Crippen LogP contribution in [0.3, 0.4) is 0 Å². The Morgan fingerprint density at radius 1 is 1.73 bits per heavy atom. The Morgan fingerprint density at radius 2 is 2.55 bits per heavy atom. The van der Waals surface area contributed by atoms with Gasteiger partial charge in [-0.05, 0) is 6.92 Å². The van der Waals surface area contributed by atoms with Crippen LogP contribution in [-0.2, 0) is 17.9 Å². The molecule has 62 valence electrons. The van der Waals surface area contributed by atoms with Crippen molar-refractivity contribution in [2.45, 2.75) is 20.1 Å². The number of hydrogen-bond acceptors (Lipinski definition) is 4. The molecule has 1 aromatic rings. The topological polar surface area (TPSA) is 61.3 Å². The summed E-state index contributed by atoms with van der Waals surface area (Å²) in [5, 5.41) is 3.71. The quantitative estimate of drug-likeness (QED) is 0.696. The highest BCUT2D eigenvalue weighted by Gasteiger charge is 2.00. The normalized spacial score (nSPS) is 10.4. The van der Waals surface area contributed by atoms with Gasteiger partial charge in [-0.2, -0.15) is 0 Å². The van der Waals surface area contributed by atoms with Gasteiger partial charge in [-0.15, -0.1) is 0 Å². The molecular formula is C7H12N2O2. The lowest BCUT2D eigenvalue weighted by atomic mass is 10.4. The third kappa shape index (κ3) is 2.32. The van der Waals surface area contributed by atoms with Crippen LogP contribution in [0.4, 0.5) is 0 Å². The van der Waals surface area contributed by atoms with Gasteiger partial charge in [0.15, 0.2) is 5.76 Å². The van der Waals surface area contributed by atoms with Crippen molar-refractivity contribution in [3.8, 4) is 0 Å². The molecule has 1 aromatic heterocycles. The van der Waals surface area contributed by atoms with Crippen molar-refractivity contribution >= 4 is 0 Å². The third-order valence-corrected chi connectivity index (χ3v) is 1.27. The van der Waals surface area contributed by atoms with E-state index in [1.54, 1.807) is 6.07 Å². The third-order valence-electron chi connectivity index (χ3n) is 1.27. The molecule has 0 aromatic carbocycles. The second-order valence-electron chi connectivity index (χ2n) is 2.13. The standard InChI is InChI=1S/C7H12N2O2/c1-2-10-5-7-3-6(4-8)9-11-7/h3H,2,4-5,8H2,1H3. The monoisotopic (exact) mass is 156 g/mol. The van der Waals surface area contributed by atoms with Crippen LogP contribution in [0.1, 0.15) is 18.4 Å². The van der Waals surface area contributed by atoms with Crippen LogP contribution in [0.25, 0.3) is 0 Å². The number of nitrogens with zero attached hydrogens (tertiary/aromatic N) is 1. The zero-order chi connectivity index (χ0) is 8.10. The van der Waals surface area contributed by atoms with Gasteiger partial charge in [0.05, 0.1) is 5.69 Å². The van der Waals surface area contributed by atoms with Crippen LogP contribution < -0.4 is 5.73 Å². The van der Waals surface area contributed by atoms with Crippen LogP contribution in [0.15, 0.2) is 10.6 Å². The fourth-order valence-electron chi connectivity index (χ4n) is 0.723. The molecule has 0 amide bonds. The van der Waals surface area contributed by atoms with E-state index in [2.05, 4.69) is 5.16 Å². The maximum atomic E-state index is 5.33. The lowest BCUT2D eigenvalue weighted by Crippen LogP contribution is -1.95. The van der Waals surface area contributed by atoms with Crippen molar-refractivity contribution in [3.05, 3.63) is 17.5 Å². The minimum atomic E-state index is 0.412. The Morgan fingerprint density at radius 3 is 3.09 bits per heavy atom. The van der Waals surface area contributed by atoms with Gasteiger partial charge >= 0.3 is 0 Å². The molecule has 0 spiro atoms. The van der Waals surface area contributed by atoms with E-state index in [0.29, 0.717) is 19.8 Å². The van der Waals surface area contributed by atoms with E-state index in [0.717, 1.165) is 11.5 Å². The second-order valence-corrected chi connectivity index (χ2v) is 2.13. The molecule has 0 aliphatic carbocycles. The van der Waals surface area contributed by atoms with Gasteiger partial charge in [-0.3, -0.25) is 0 Å².